The van der Waals surface area contributed by atoms with Crippen LogP contribution < -0.4 is 15.4 Å². The van der Waals surface area contributed by atoms with Crippen LogP contribution in [0.2, 0.25) is 0 Å². The number of hydrogen-bond acceptors (Lipinski definition) is 3. The number of hydrogen-bond donors (Lipinski definition) is 2. The molecule has 0 fully saturated rings. The van der Waals surface area contributed by atoms with Crippen molar-refractivity contribution in [2.24, 2.45) is 0 Å². The zero-order valence-electron chi connectivity index (χ0n) is 11.6. The minimum Gasteiger partial charge on any atom is -0.494 e. The molecular formula is C15H18N2O2S. The van der Waals surface area contributed by atoms with Gasteiger partial charge in [0.2, 0.25) is 0 Å². The summed E-state index contributed by atoms with van der Waals surface area (Å²) in [4.78, 5) is 0. The fourth-order valence-electron chi connectivity index (χ4n) is 1.72. The van der Waals surface area contributed by atoms with E-state index in [2.05, 4.69) is 10.6 Å². The van der Waals surface area contributed by atoms with Gasteiger partial charge in [0, 0.05) is 5.69 Å². The zero-order chi connectivity index (χ0) is 14.4. The third-order valence-electron chi connectivity index (χ3n) is 2.64. The van der Waals surface area contributed by atoms with Crippen molar-refractivity contribution in [3.63, 3.8) is 0 Å². The van der Waals surface area contributed by atoms with Gasteiger partial charge >= 0.3 is 0 Å². The molecule has 2 N–H and O–H groups in total. The number of thiocarbonyl (C=S) groups is 1. The Kier molecular flexibility index (Phi) is 5.01. The lowest BCUT2D eigenvalue weighted by molar-refractivity contribution is 0.340. The molecule has 20 heavy (non-hydrogen) atoms. The van der Waals surface area contributed by atoms with Gasteiger partial charge < -0.3 is 19.8 Å². The van der Waals surface area contributed by atoms with E-state index in [-0.39, 0.29) is 0 Å². The highest BCUT2D eigenvalue weighted by molar-refractivity contribution is 7.80. The van der Waals surface area contributed by atoms with E-state index < -0.39 is 0 Å². The summed E-state index contributed by atoms with van der Waals surface area (Å²) in [5.41, 5.74) is 0.918. The molecule has 0 amide bonds. The summed E-state index contributed by atoms with van der Waals surface area (Å²) in [7, 11) is 0. The first kappa shape index (κ1) is 14.4. The number of anilines is 1. The summed E-state index contributed by atoms with van der Waals surface area (Å²) in [5, 5.41) is 6.77. The summed E-state index contributed by atoms with van der Waals surface area (Å²) < 4.78 is 10.8. The van der Waals surface area contributed by atoms with Gasteiger partial charge in [-0.2, -0.15) is 0 Å². The van der Waals surface area contributed by atoms with Crippen molar-refractivity contribution in [3.05, 3.63) is 47.9 Å². The molecule has 1 heterocycles. The Labute approximate surface area is 124 Å². The molecule has 0 unspecified atom stereocenters. The van der Waals surface area contributed by atoms with Crippen molar-refractivity contribution in [3.8, 4) is 5.75 Å². The number of nitrogens with one attached hydrogen (secondary N) is 2. The standard InChI is InChI=1S/C15H18N2O2S/c1-3-18-13-8-5-12(6-9-13)17-15(20)16-10-14-7-4-11(2)19-14/h4-9H,3,10H2,1-2H3,(H2,16,17,20). The van der Waals surface area contributed by atoms with E-state index in [1.165, 1.54) is 0 Å². The molecule has 2 aromatic rings. The fraction of sp³-hybridized carbons (Fsp3) is 0.267. The summed E-state index contributed by atoms with van der Waals surface area (Å²) in [6.07, 6.45) is 0. The van der Waals surface area contributed by atoms with Crippen molar-refractivity contribution in [2.45, 2.75) is 20.4 Å². The quantitative estimate of drug-likeness (QED) is 0.826. The maximum atomic E-state index is 5.46. The third-order valence-corrected chi connectivity index (χ3v) is 2.89. The van der Waals surface area contributed by atoms with Crippen LogP contribution in [0.1, 0.15) is 18.4 Å². The number of rotatable bonds is 5. The molecule has 4 nitrogen and oxygen atoms in total. The van der Waals surface area contributed by atoms with Gasteiger partial charge in [0.1, 0.15) is 17.3 Å². The lowest BCUT2D eigenvalue weighted by Gasteiger charge is -2.10. The largest absolute Gasteiger partial charge is 0.494 e. The van der Waals surface area contributed by atoms with Gasteiger partial charge in [-0.15, -0.1) is 0 Å². The first-order valence-electron chi connectivity index (χ1n) is 6.50. The first-order valence-corrected chi connectivity index (χ1v) is 6.91. The van der Waals surface area contributed by atoms with Gasteiger partial charge in [-0.25, -0.2) is 0 Å². The minimum atomic E-state index is 0.559. The number of benzene rings is 1. The van der Waals surface area contributed by atoms with Gasteiger partial charge in [0.05, 0.1) is 13.2 Å². The van der Waals surface area contributed by atoms with E-state index in [9.17, 15) is 0 Å². The summed E-state index contributed by atoms with van der Waals surface area (Å²) in [6, 6.07) is 11.5. The smallest absolute Gasteiger partial charge is 0.171 e. The van der Waals surface area contributed by atoms with Crippen molar-refractivity contribution in [1.29, 1.82) is 0 Å². The lowest BCUT2D eigenvalue weighted by Crippen LogP contribution is -2.27. The summed E-state index contributed by atoms with van der Waals surface area (Å²) in [5.74, 6) is 2.61. The van der Waals surface area contributed by atoms with E-state index in [0.29, 0.717) is 18.3 Å². The second-order valence-corrected chi connectivity index (χ2v) is 4.69. The average molecular weight is 290 g/mol. The van der Waals surface area contributed by atoms with Crippen molar-refractivity contribution in [1.82, 2.24) is 5.32 Å². The molecule has 1 aromatic carbocycles. The minimum absolute atomic E-state index is 0.559. The van der Waals surface area contributed by atoms with Crippen LogP contribution in [0.4, 0.5) is 5.69 Å². The van der Waals surface area contributed by atoms with Crippen molar-refractivity contribution in [2.75, 3.05) is 11.9 Å². The number of furan rings is 1. The number of ether oxygens (including phenoxy) is 1. The highest BCUT2D eigenvalue weighted by Crippen LogP contribution is 2.15. The van der Waals surface area contributed by atoms with Crippen LogP contribution in [0.25, 0.3) is 0 Å². The molecule has 106 valence electrons. The van der Waals surface area contributed by atoms with E-state index in [1.807, 2.05) is 50.2 Å². The van der Waals surface area contributed by atoms with Crippen LogP contribution in [-0.2, 0) is 6.54 Å². The predicted molar refractivity (Wildman–Crippen MR) is 84.1 cm³/mol. The van der Waals surface area contributed by atoms with Gasteiger partial charge in [0.15, 0.2) is 5.11 Å². The maximum Gasteiger partial charge on any atom is 0.171 e. The molecule has 0 saturated carbocycles. The average Bonchev–Trinajstić information content (AvgIpc) is 2.85. The van der Waals surface area contributed by atoms with Crippen LogP contribution in [0.15, 0.2) is 40.8 Å². The monoisotopic (exact) mass is 290 g/mol. The van der Waals surface area contributed by atoms with Crippen molar-refractivity contribution < 1.29 is 9.15 Å². The summed E-state index contributed by atoms with van der Waals surface area (Å²) in [6.45, 7) is 5.10. The Balaban J connectivity index is 1.81. The Morgan fingerprint density at radius 2 is 1.95 bits per heavy atom. The van der Waals surface area contributed by atoms with Crippen LogP contribution in [0.5, 0.6) is 5.75 Å². The van der Waals surface area contributed by atoms with E-state index in [0.717, 1.165) is 23.0 Å². The summed E-state index contributed by atoms with van der Waals surface area (Å²) >= 11 is 5.23. The van der Waals surface area contributed by atoms with Gasteiger partial charge in [-0.3, -0.25) is 0 Å². The molecular weight excluding hydrogens is 272 g/mol. The van der Waals surface area contributed by atoms with Crippen LogP contribution in [0, 0.1) is 6.92 Å². The predicted octanol–water partition coefficient (Wildman–Crippen LogP) is 3.47. The van der Waals surface area contributed by atoms with E-state index >= 15 is 0 Å². The molecule has 0 saturated heterocycles. The highest BCUT2D eigenvalue weighted by Gasteiger charge is 2.01. The second kappa shape index (κ2) is 6.96. The van der Waals surface area contributed by atoms with E-state index in [1.54, 1.807) is 0 Å². The molecule has 0 spiro atoms. The van der Waals surface area contributed by atoms with Crippen LogP contribution >= 0.6 is 12.2 Å². The maximum absolute atomic E-state index is 5.46. The van der Waals surface area contributed by atoms with Crippen LogP contribution in [0.3, 0.4) is 0 Å². The van der Waals surface area contributed by atoms with Gasteiger partial charge in [-0.05, 0) is 62.5 Å². The molecule has 0 aliphatic rings. The van der Waals surface area contributed by atoms with Gasteiger partial charge in [0.25, 0.3) is 0 Å². The molecule has 0 atom stereocenters. The second-order valence-electron chi connectivity index (χ2n) is 4.28. The molecule has 0 bridgehead atoms. The Morgan fingerprint density at radius 3 is 2.55 bits per heavy atom. The van der Waals surface area contributed by atoms with Gasteiger partial charge in [-0.1, -0.05) is 0 Å². The molecule has 0 aliphatic carbocycles. The lowest BCUT2D eigenvalue weighted by atomic mass is 10.3. The third kappa shape index (κ3) is 4.28. The Hall–Kier alpha value is -2.01. The van der Waals surface area contributed by atoms with E-state index in [4.69, 9.17) is 21.4 Å². The molecule has 2 rings (SSSR count). The fourth-order valence-corrected chi connectivity index (χ4v) is 1.91. The molecule has 1 aromatic heterocycles. The molecule has 0 aliphatic heterocycles. The zero-order valence-corrected chi connectivity index (χ0v) is 12.4. The first-order chi connectivity index (χ1) is 9.67. The van der Waals surface area contributed by atoms with Crippen LogP contribution in [-0.4, -0.2) is 11.7 Å². The highest BCUT2D eigenvalue weighted by atomic mass is 32.1. The van der Waals surface area contributed by atoms with Crippen molar-refractivity contribution >= 4 is 23.0 Å². The number of aryl methyl sites for hydroxylation is 1. The topological polar surface area (TPSA) is 46.4 Å². The molecule has 5 heteroatoms. The Bertz CT molecular complexity index is 564. The SMILES string of the molecule is CCOc1ccc(NC(=S)NCc2ccc(C)o2)cc1. The Morgan fingerprint density at radius 1 is 1.20 bits per heavy atom. The normalized spacial score (nSPS) is 10.1. The molecule has 0 radical (unpaired) electrons.